The molecule has 0 saturated heterocycles. The normalized spacial score (nSPS) is 12.7. The number of aliphatic hydroxyl groups is 2. The Morgan fingerprint density at radius 1 is 0.857 bits per heavy atom. The molecule has 7 nitrogen and oxygen atoms in total. The number of aliphatic carboxylic acids is 1. The number of carboxylic acids is 1. The van der Waals surface area contributed by atoms with Gasteiger partial charge in [0.2, 0.25) is 5.78 Å². The number of carbonyl (C=O) groups is 2. The monoisotopic (exact) mass is 570 g/mol. The molecule has 1 heterocycles. The summed E-state index contributed by atoms with van der Waals surface area (Å²) in [5, 5.41) is 38.7. The molecular weight excluding hydrogens is 535 g/mol. The van der Waals surface area contributed by atoms with Crippen molar-refractivity contribution in [3.63, 3.8) is 0 Å². The summed E-state index contributed by atoms with van der Waals surface area (Å²) in [5.74, 6) is -2.20. The molecule has 0 aliphatic heterocycles. The van der Waals surface area contributed by atoms with E-state index < -0.39 is 36.2 Å². The number of aromatic nitrogens is 1. The summed E-state index contributed by atoms with van der Waals surface area (Å²) in [6, 6.07) is 24.1. The van der Waals surface area contributed by atoms with E-state index in [9.17, 15) is 24.2 Å². The van der Waals surface area contributed by atoms with Gasteiger partial charge in [0.05, 0.1) is 29.9 Å². The zero-order chi connectivity index (χ0) is 30.4. The minimum absolute atomic E-state index is 0.119. The highest BCUT2D eigenvalue weighted by Gasteiger charge is 2.32. The number of hydrogen-bond donors (Lipinski definition) is 4. The molecular formula is C34H35FN2O5. The minimum atomic E-state index is -1.20. The second-order valence-electron chi connectivity index (χ2n) is 10.7. The molecule has 0 aliphatic rings. The first-order chi connectivity index (χ1) is 20.1. The van der Waals surface area contributed by atoms with Crippen LogP contribution in [0, 0.1) is 11.2 Å². The fourth-order valence-electron chi connectivity index (χ4n) is 5.35. The number of hydrogen-bond acceptors (Lipinski definition) is 5. The average molecular weight is 571 g/mol. The molecule has 2 unspecified atom stereocenters. The molecule has 4 aromatic rings. The van der Waals surface area contributed by atoms with Crippen LogP contribution in [-0.4, -0.2) is 49.6 Å². The van der Waals surface area contributed by atoms with Crippen molar-refractivity contribution in [1.29, 1.82) is 5.41 Å². The second-order valence-corrected chi connectivity index (χ2v) is 10.7. The molecule has 218 valence electrons. The van der Waals surface area contributed by atoms with Crippen molar-refractivity contribution >= 4 is 17.5 Å². The van der Waals surface area contributed by atoms with Crippen LogP contribution in [0.1, 0.15) is 60.6 Å². The highest BCUT2D eigenvalue weighted by Crippen LogP contribution is 2.43. The summed E-state index contributed by atoms with van der Waals surface area (Å²) >= 11 is 0. The van der Waals surface area contributed by atoms with Gasteiger partial charge in [-0.25, -0.2) is 4.39 Å². The number of nitrogens with zero attached hydrogens (tertiary/aromatic N) is 1. The van der Waals surface area contributed by atoms with Crippen molar-refractivity contribution < 1.29 is 29.3 Å². The van der Waals surface area contributed by atoms with E-state index in [4.69, 9.17) is 10.5 Å². The van der Waals surface area contributed by atoms with Gasteiger partial charge in [-0.1, -0.05) is 74.5 Å². The van der Waals surface area contributed by atoms with E-state index >= 15 is 0 Å². The largest absolute Gasteiger partial charge is 0.481 e. The predicted octanol–water partition coefficient (Wildman–Crippen LogP) is 6.31. The van der Waals surface area contributed by atoms with Crippen molar-refractivity contribution in [3.05, 3.63) is 108 Å². The van der Waals surface area contributed by atoms with Crippen molar-refractivity contribution in [1.82, 2.24) is 4.57 Å². The lowest BCUT2D eigenvalue weighted by atomic mass is 9.90. The maximum atomic E-state index is 14.3. The summed E-state index contributed by atoms with van der Waals surface area (Å²) in [4.78, 5) is 25.3. The minimum Gasteiger partial charge on any atom is -0.481 e. The molecule has 1 aromatic heterocycles. The molecule has 8 heteroatoms. The van der Waals surface area contributed by atoms with Gasteiger partial charge in [0.1, 0.15) is 11.5 Å². The van der Waals surface area contributed by atoms with Crippen molar-refractivity contribution in [2.75, 3.05) is 0 Å². The van der Waals surface area contributed by atoms with E-state index in [-0.39, 0.29) is 31.0 Å². The van der Waals surface area contributed by atoms with Crippen molar-refractivity contribution in [2.45, 2.75) is 57.8 Å². The Balaban J connectivity index is 1.93. The third kappa shape index (κ3) is 6.90. The molecule has 4 rings (SSSR count). The third-order valence-electron chi connectivity index (χ3n) is 7.19. The molecule has 4 N–H and O–H groups in total. The van der Waals surface area contributed by atoms with Gasteiger partial charge >= 0.3 is 5.97 Å². The second kappa shape index (κ2) is 13.5. The Morgan fingerprint density at radius 3 is 2.02 bits per heavy atom. The van der Waals surface area contributed by atoms with Crippen LogP contribution in [0.2, 0.25) is 0 Å². The maximum Gasteiger partial charge on any atom is 0.305 e. The Kier molecular flexibility index (Phi) is 9.83. The van der Waals surface area contributed by atoms with E-state index in [1.165, 1.54) is 12.1 Å². The fourth-order valence-corrected chi connectivity index (χ4v) is 5.35. The van der Waals surface area contributed by atoms with Gasteiger partial charge in [0.25, 0.3) is 0 Å². The van der Waals surface area contributed by atoms with E-state index in [0.29, 0.717) is 33.6 Å². The van der Waals surface area contributed by atoms with Crippen molar-refractivity contribution in [2.24, 2.45) is 0 Å². The van der Waals surface area contributed by atoms with E-state index in [1.54, 1.807) is 36.4 Å². The quantitative estimate of drug-likeness (QED) is 0.111. The first-order valence-electron chi connectivity index (χ1n) is 13.9. The Labute approximate surface area is 244 Å². The number of carbonyl (C=O) groups excluding carboxylic acids is 1. The molecule has 0 aliphatic carbocycles. The van der Waals surface area contributed by atoms with Gasteiger partial charge in [0, 0.05) is 23.4 Å². The van der Waals surface area contributed by atoms with Gasteiger partial charge in [-0.3, -0.25) is 15.0 Å². The van der Waals surface area contributed by atoms with E-state index in [2.05, 4.69) is 0 Å². The summed E-state index contributed by atoms with van der Waals surface area (Å²) in [7, 11) is 0. The standard InChI is InChI=1S/C34H35FN2O5/c1-21(2)32-30(34(42)31(36)23-11-7-4-8-12-23)29(22-9-5-3-6-10-22)33(24-13-15-25(35)16-14-24)37(32)18-17-26(38)19-27(39)20-28(40)41/h3-16,21,26-27,36,38-39H,17-20H2,1-2H3,(H,40,41). The topological polar surface area (TPSA) is 124 Å². The molecule has 0 amide bonds. The highest BCUT2D eigenvalue weighted by atomic mass is 19.1. The summed E-state index contributed by atoms with van der Waals surface area (Å²) in [5.41, 5.74) is 4.01. The number of nitrogens with one attached hydrogen (secondary N) is 1. The third-order valence-corrected chi connectivity index (χ3v) is 7.19. The number of Topliss-reactive ketones (excluding diaryl/α,β-unsaturated/α-hetero) is 1. The average Bonchev–Trinajstić information content (AvgIpc) is 3.31. The van der Waals surface area contributed by atoms with Crippen LogP contribution in [0.5, 0.6) is 0 Å². The summed E-state index contributed by atoms with van der Waals surface area (Å²) < 4.78 is 16.0. The summed E-state index contributed by atoms with van der Waals surface area (Å²) in [6.07, 6.45) is -2.64. The zero-order valence-electron chi connectivity index (χ0n) is 23.6. The molecule has 0 fully saturated rings. The Bertz CT molecular complexity index is 1550. The molecule has 0 saturated carbocycles. The fraction of sp³-hybridized carbons (Fsp3) is 0.265. The molecule has 0 spiro atoms. The van der Waals surface area contributed by atoms with Crippen LogP contribution >= 0.6 is 0 Å². The molecule has 2 atom stereocenters. The van der Waals surface area contributed by atoms with Crippen LogP contribution in [0.4, 0.5) is 4.39 Å². The Hall–Kier alpha value is -4.40. The number of benzene rings is 3. The first kappa shape index (κ1) is 30.6. The highest BCUT2D eigenvalue weighted by molar-refractivity contribution is 6.51. The predicted molar refractivity (Wildman–Crippen MR) is 160 cm³/mol. The first-order valence-corrected chi connectivity index (χ1v) is 13.9. The van der Waals surface area contributed by atoms with Crippen LogP contribution in [0.25, 0.3) is 22.4 Å². The van der Waals surface area contributed by atoms with Crippen LogP contribution < -0.4 is 0 Å². The van der Waals surface area contributed by atoms with Gasteiger partial charge in [-0.05, 0) is 54.2 Å². The van der Waals surface area contributed by atoms with Crippen LogP contribution in [-0.2, 0) is 11.3 Å². The number of carboxylic acid groups (broad SMARTS) is 1. The van der Waals surface area contributed by atoms with Gasteiger partial charge in [-0.15, -0.1) is 0 Å². The van der Waals surface area contributed by atoms with Gasteiger partial charge in [-0.2, -0.15) is 0 Å². The van der Waals surface area contributed by atoms with E-state index in [0.717, 1.165) is 5.56 Å². The van der Waals surface area contributed by atoms with Crippen molar-refractivity contribution in [3.8, 4) is 22.4 Å². The molecule has 0 radical (unpaired) electrons. The van der Waals surface area contributed by atoms with Gasteiger partial charge in [0.15, 0.2) is 0 Å². The lowest BCUT2D eigenvalue weighted by Gasteiger charge is -2.20. The van der Waals surface area contributed by atoms with Crippen LogP contribution in [0.15, 0.2) is 84.9 Å². The lowest BCUT2D eigenvalue weighted by Crippen LogP contribution is -2.22. The van der Waals surface area contributed by atoms with Gasteiger partial charge < -0.3 is 19.9 Å². The number of aliphatic hydroxyl groups excluding tert-OH is 2. The number of rotatable bonds is 13. The lowest BCUT2D eigenvalue weighted by molar-refractivity contribution is -0.139. The summed E-state index contributed by atoms with van der Waals surface area (Å²) in [6.45, 7) is 4.13. The number of ketones is 1. The smallest absolute Gasteiger partial charge is 0.305 e. The SMILES string of the molecule is CC(C)c1c(C(=O)C(=N)c2ccccc2)c(-c2ccccc2)c(-c2ccc(F)cc2)n1CCC(O)CC(O)CC(=O)O. The van der Waals surface area contributed by atoms with E-state index in [1.807, 2.05) is 54.8 Å². The number of halogens is 1. The maximum absolute atomic E-state index is 14.3. The molecule has 0 bridgehead atoms. The zero-order valence-corrected chi connectivity index (χ0v) is 23.6. The molecule has 42 heavy (non-hydrogen) atoms. The molecule has 3 aromatic carbocycles. The Morgan fingerprint density at radius 2 is 1.45 bits per heavy atom. The van der Waals surface area contributed by atoms with Crippen LogP contribution in [0.3, 0.4) is 0 Å².